The van der Waals surface area contributed by atoms with Gasteiger partial charge in [-0.2, -0.15) is 4.31 Å². The van der Waals surface area contributed by atoms with Crippen LogP contribution < -0.4 is 14.8 Å². The highest BCUT2D eigenvalue weighted by molar-refractivity contribution is 7.89. The summed E-state index contributed by atoms with van der Waals surface area (Å²) in [5, 5.41) is 3.21. The van der Waals surface area contributed by atoms with Gasteiger partial charge in [0, 0.05) is 19.0 Å². The number of hydrogen-bond donors (Lipinski definition) is 1. The lowest BCUT2D eigenvalue weighted by atomic mass is 9.93. The van der Waals surface area contributed by atoms with Gasteiger partial charge in [0.2, 0.25) is 15.9 Å². The number of carbonyl (C=O) groups is 1. The molecule has 1 N–H and O–H groups in total. The molecular weight excluding hydrogens is 440 g/mol. The van der Waals surface area contributed by atoms with E-state index in [1.165, 1.54) is 4.31 Å². The van der Waals surface area contributed by atoms with Gasteiger partial charge in [-0.1, -0.05) is 26.0 Å². The van der Waals surface area contributed by atoms with Crippen molar-refractivity contribution in [3.05, 3.63) is 54.1 Å². The normalized spacial score (nSPS) is 16.4. The Bertz CT molecular complexity index is 1010. The molecule has 3 rings (SSSR count). The average molecular weight is 475 g/mol. The van der Waals surface area contributed by atoms with Crippen molar-refractivity contribution in [2.45, 2.75) is 44.0 Å². The van der Waals surface area contributed by atoms with Gasteiger partial charge in [0.15, 0.2) is 0 Å². The number of rotatable bonds is 9. The van der Waals surface area contributed by atoms with Crippen LogP contribution in [0.2, 0.25) is 0 Å². The van der Waals surface area contributed by atoms with E-state index < -0.39 is 10.0 Å². The van der Waals surface area contributed by atoms with Gasteiger partial charge in [-0.15, -0.1) is 0 Å². The minimum Gasteiger partial charge on any atom is -0.497 e. The molecule has 1 saturated heterocycles. The molecule has 0 aromatic heterocycles. The number of ether oxygens (including phenoxy) is 2. The Hall–Kier alpha value is -2.58. The molecule has 8 heteroatoms. The summed E-state index contributed by atoms with van der Waals surface area (Å²) in [7, 11) is -0.421. The maximum Gasteiger partial charge on any atom is 0.243 e. The Morgan fingerprint density at radius 2 is 1.48 bits per heavy atom. The van der Waals surface area contributed by atoms with Gasteiger partial charge in [-0.25, -0.2) is 8.42 Å². The largest absolute Gasteiger partial charge is 0.497 e. The first-order chi connectivity index (χ1) is 15.7. The predicted molar refractivity (Wildman–Crippen MR) is 128 cm³/mol. The second kappa shape index (κ2) is 11.0. The molecule has 1 amide bonds. The second-order valence-corrected chi connectivity index (χ2v) is 10.8. The lowest BCUT2D eigenvalue weighted by Crippen LogP contribution is -2.43. The molecule has 1 atom stereocenters. The van der Waals surface area contributed by atoms with Crippen LogP contribution in [-0.2, 0) is 14.8 Å². The summed E-state index contributed by atoms with van der Waals surface area (Å²) in [6, 6.07) is 14.1. The highest BCUT2D eigenvalue weighted by Gasteiger charge is 2.33. The van der Waals surface area contributed by atoms with Crippen LogP contribution in [0.4, 0.5) is 0 Å². The minimum atomic E-state index is -3.59. The van der Waals surface area contributed by atoms with Gasteiger partial charge in [0.05, 0.1) is 25.2 Å². The van der Waals surface area contributed by atoms with E-state index in [2.05, 4.69) is 19.2 Å². The molecule has 0 bridgehead atoms. The van der Waals surface area contributed by atoms with Crippen LogP contribution in [0.1, 0.15) is 44.7 Å². The topological polar surface area (TPSA) is 84.9 Å². The molecule has 7 nitrogen and oxygen atoms in total. The van der Waals surface area contributed by atoms with Crippen LogP contribution >= 0.6 is 0 Å². The van der Waals surface area contributed by atoms with Crippen molar-refractivity contribution in [1.29, 1.82) is 0 Å². The highest BCUT2D eigenvalue weighted by atomic mass is 32.2. The average Bonchev–Trinajstić information content (AvgIpc) is 2.83. The molecule has 0 saturated carbocycles. The van der Waals surface area contributed by atoms with Gasteiger partial charge in [0.1, 0.15) is 11.5 Å². The van der Waals surface area contributed by atoms with Crippen molar-refractivity contribution in [1.82, 2.24) is 9.62 Å². The van der Waals surface area contributed by atoms with Crippen molar-refractivity contribution >= 4 is 15.9 Å². The highest BCUT2D eigenvalue weighted by Crippen LogP contribution is 2.28. The maximum atomic E-state index is 13.1. The zero-order chi connectivity index (χ0) is 24.0. The van der Waals surface area contributed by atoms with E-state index in [1.807, 2.05) is 24.3 Å². The van der Waals surface area contributed by atoms with Crippen LogP contribution in [0.15, 0.2) is 53.4 Å². The molecule has 0 aliphatic carbocycles. The predicted octanol–water partition coefficient (Wildman–Crippen LogP) is 4.01. The summed E-state index contributed by atoms with van der Waals surface area (Å²) in [6.45, 7) is 4.91. The minimum absolute atomic E-state index is 0.0158. The molecule has 180 valence electrons. The number of methoxy groups -OCH3 is 2. The lowest BCUT2D eigenvalue weighted by molar-refractivity contribution is -0.127. The van der Waals surface area contributed by atoms with Crippen LogP contribution in [0.3, 0.4) is 0 Å². The maximum absolute atomic E-state index is 13.1. The first-order valence-electron chi connectivity index (χ1n) is 11.3. The molecule has 2 aromatic carbocycles. The van der Waals surface area contributed by atoms with Gasteiger partial charge >= 0.3 is 0 Å². The van der Waals surface area contributed by atoms with Crippen LogP contribution in [0, 0.1) is 11.8 Å². The van der Waals surface area contributed by atoms with Crippen LogP contribution in [0.25, 0.3) is 0 Å². The van der Waals surface area contributed by atoms with Gasteiger partial charge in [-0.05, 0) is 67.1 Å². The number of piperidine rings is 1. The number of amides is 1. The first kappa shape index (κ1) is 25.1. The Kier molecular flexibility index (Phi) is 8.37. The third-order valence-electron chi connectivity index (χ3n) is 6.06. The standard InChI is InChI=1S/C25H34N2O5S/c1-18(2)17-24(19-5-7-21(31-3)8-6-19)26-25(28)20-13-15-27(16-14-20)33(29,30)23-11-9-22(32-4)10-12-23/h5-12,18,20,24H,13-17H2,1-4H3,(H,26,28). The Morgan fingerprint density at radius 3 is 1.97 bits per heavy atom. The summed E-state index contributed by atoms with van der Waals surface area (Å²) in [5.41, 5.74) is 1.04. The van der Waals surface area contributed by atoms with Crippen molar-refractivity contribution < 1.29 is 22.7 Å². The molecule has 0 radical (unpaired) electrons. The zero-order valence-corrected chi connectivity index (χ0v) is 20.6. The van der Waals surface area contributed by atoms with Crippen molar-refractivity contribution in [3.63, 3.8) is 0 Å². The van der Waals surface area contributed by atoms with E-state index in [1.54, 1.807) is 38.5 Å². The third kappa shape index (κ3) is 6.26. The molecule has 33 heavy (non-hydrogen) atoms. The molecule has 2 aromatic rings. The molecule has 1 fully saturated rings. The summed E-state index contributed by atoms with van der Waals surface area (Å²) >= 11 is 0. The number of hydrogen-bond acceptors (Lipinski definition) is 5. The number of carbonyl (C=O) groups excluding carboxylic acids is 1. The second-order valence-electron chi connectivity index (χ2n) is 8.82. The fourth-order valence-electron chi connectivity index (χ4n) is 4.13. The summed E-state index contributed by atoms with van der Waals surface area (Å²) in [6.07, 6.45) is 1.82. The van der Waals surface area contributed by atoms with E-state index >= 15 is 0 Å². The summed E-state index contributed by atoms with van der Waals surface area (Å²) < 4.78 is 37.8. The Balaban J connectivity index is 1.63. The van der Waals surface area contributed by atoms with Crippen LogP contribution in [-0.4, -0.2) is 45.9 Å². The zero-order valence-electron chi connectivity index (χ0n) is 19.8. The number of nitrogens with zero attached hydrogens (tertiary/aromatic N) is 1. The number of nitrogens with one attached hydrogen (secondary N) is 1. The SMILES string of the molecule is COc1ccc(C(CC(C)C)NC(=O)C2CCN(S(=O)(=O)c3ccc(OC)cc3)CC2)cc1. The fraction of sp³-hybridized carbons (Fsp3) is 0.480. The van der Waals surface area contributed by atoms with Crippen molar-refractivity contribution in [2.75, 3.05) is 27.3 Å². The van der Waals surface area contributed by atoms with Crippen molar-refractivity contribution in [2.24, 2.45) is 11.8 Å². The van der Waals surface area contributed by atoms with Gasteiger partial charge in [0.25, 0.3) is 0 Å². The Labute approximate surface area is 197 Å². The number of sulfonamides is 1. The van der Waals surface area contributed by atoms with Crippen LogP contribution in [0.5, 0.6) is 11.5 Å². The van der Waals surface area contributed by atoms with E-state index in [9.17, 15) is 13.2 Å². The summed E-state index contributed by atoms with van der Waals surface area (Å²) in [5.74, 6) is 1.57. The number of benzene rings is 2. The van der Waals surface area contributed by atoms with Gasteiger partial charge in [-0.3, -0.25) is 4.79 Å². The van der Waals surface area contributed by atoms with E-state index in [4.69, 9.17) is 9.47 Å². The molecule has 1 heterocycles. The quantitative estimate of drug-likeness (QED) is 0.594. The fourth-order valence-corrected chi connectivity index (χ4v) is 5.60. The lowest BCUT2D eigenvalue weighted by Gasteiger charge is -2.32. The van der Waals surface area contributed by atoms with E-state index in [0.29, 0.717) is 37.6 Å². The summed E-state index contributed by atoms with van der Waals surface area (Å²) in [4.78, 5) is 13.3. The first-order valence-corrected chi connectivity index (χ1v) is 12.8. The monoisotopic (exact) mass is 474 g/mol. The molecular formula is C25H34N2O5S. The third-order valence-corrected chi connectivity index (χ3v) is 7.98. The van der Waals surface area contributed by atoms with E-state index in [0.717, 1.165) is 17.7 Å². The molecule has 1 aliphatic rings. The van der Waals surface area contributed by atoms with Gasteiger partial charge < -0.3 is 14.8 Å². The smallest absolute Gasteiger partial charge is 0.243 e. The molecule has 1 aliphatic heterocycles. The van der Waals surface area contributed by atoms with Crippen molar-refractivity contribution in [3.8, 4) is 11.5 Å². The Morgan fingerprint density at radius 1 is 0.970 bits per heavy atom. The van der Waals surface area contributed by atoms with E-state index in [-0.39, 0.29) is 22.8 Å². The molecule has 0 spiro atoms. The molecule has 1 unspecified atom stereocenters.